The molecule has 5 heteroatoms. The highest BCUT2D eigenvalue weighted by Gasteiger charge is 2.15. The van der Waals surface area contributed by atoms with Gasteiger partial charge >= 0.3 is 0 Å². The molecular weight excluding hydrogens is 316 g/mol. The maximum atomic E-state index is 12.2. The highest BCUT2D eigenvalue weighted by atomic mass is 16.5. The molecule has 0 saturated carbocycles. The molecule has 0 atom stereocenters. The Hall–Kier alpha value is -2.82. The first-order valence-electron chi connectivity index (χ1n) is 8.13. The number of hydrogen-bond acceptors (Lipinski definition) is 3. The summed E-state index contributed by atoms with van der Waals surface area (Å²) in [7, 11) is 1.54. The van der Waals surface area contributed by atoms with Gasteiger partial charge in [-0.25, -0.2) is 0 Å². The lowest BCUT2D eigenvalue weighted by Gasteiger charge is -2.19. The van der Waals surface area contributed by atoms with Crippen LogP contribution in [0.2, 0.25) is 0 Å². The normalized spacial score (nSPS) is 10.9. The first-order chi connectivity index (χ1) is 11.8. The number of anilines is 1. The summed E-state index contributed by atoms with van der Waals surface area (Å²) >= 11 is 0. The van der Waals surface area contributed by atoms with Crippen molar-refractivity contribution in [2.45, 2.75) is 26.2 Å². The van der Waals surface area contributed by atoms with Gasteiger partial charge in [0.2, 0.25) is 5.91 Å². The highest BCUT2D eigenvalue weighted by molar-refractivity contribution is 5.99. The van der Waals surface area contributed by atoms with E-state index in [0.29, 0.717) is 17.0 Å². The van der Waals surface area contributed by atoms with Crippen LogP contribution in [0.4, 0.5) is 5.69 Å². The molecule has 2 N–H and O–H groups in total. The van der Waals surface area contributed by atoms with Crippen LogP contribution < -0.4 is 15.4 Å². The number of methoxy groups -OCH3 is 1. The molecule has 0 aliphatic heterocycles. The summed E-state index contributed by atoms with van der Waals surface area (Å²) in [4.78, 5) is 24.2. The summed E-state index contributed by atoms with van der Waals surface area (Å²) in [5, 5.41) is 5.34. The minimum absolute atomic E-state index is 0.0314. The maximum Gasteiger partial charge on any atom is 0.251 e. The summed E-state index contributed by atoms with van der Waals surface area (Å²) in [6.45, 7) is 6.23. The minimum Gasteiger partial charge on any atom is -0.495 e. The summed E-state index contributed by atoms with van der Waals surface area (Å²) in [6.07, 6.45) is 0. The van der Waals surface area contributed by atoms with E-state index in [-0.39, 0.29) is 23.8 Å². The van der Waals surface area contributed by atoms with Crippen LogP contribution in [0, 0.1) is 0 Å². The average molecular weight is 340 g/mol. The second-order valence-electron chi connectivity index (χ2n) is 6.76. The van der Waals surface area contributed by atoms with Gasteiger partial charge in [0.1, 0.15) is 5.75 Å². The number of ether oxygens (including phenoxy) is 1. The zero-order valence-corrected chi connectivity index (χ0v) is 15.1. The van der Waals surface area contributed by atoms with Gasteiger partial charge in [0, 0.05) is 5.56 Å². The zero-order valence-electron chi connectivity index (χ0n) is 15.1. The fourth-order valence-electron chi connectivity index (χ4n) is 2.33. The van der Waals surface area contributed by atoms with Crippen molar-refractivity contribution in [3.05, 3.63) is 59.7 Å². The molecule has 2 amide bonds. The van der Waals surface area contributed by atoms with Crippen molar-refractivity contribution >= 4 is 17.5 Å². The van der Waals surface area contributed by atoms with Gasteiger partial charge in [0.15, 0.2) is 0 Å². The lowest BCUT2D eigenvalue weighted by atomic mass is 9.87. The van der Waals surface area contributed by atoms with Gasteiger partial charge in [0.05, 0.1) is 19.3 Å². The van der Waals surface area contributed by atoms with E-state index < -0.39 is 0 Å². The quantitative estimate of drug-likeness (QED) is 0.877. The molecule has 0 spiro atoms. The van der Waals surface area contributed by atoms with Crippen molar-refractivity contribution in [2.75, 3.05) is 19.0 Å². The summed E-state index contributed by atoms with van der Waals surface area (Å²) in [5.74, 6) is -0.0280. The molecule has 0 heterocycles. The Morgan fingerprint density at radius 2 is 1.64 bits per heavy atom. The Balaban J connectivity index is 1.92. The third-order valence-electron chi connectivity index (χ3n) is 3.80. The largest absolute Gasteiger partial charge is 0.495 e. The van der Waals surface area contributed by atoms with Gasteiger partial charge in [-0.3, -0.25) is 9.59 Å². The molecule has 0 aliphatic carbocycles. The van der Waals surface area contributed by atoms with E-state index in [1.54, 1.807) is 30.3 Å². The second kappa shape index (κ2) is 7.83. The zero-order chi connectivity index (χ0) is 18.4. The van der Waals surface area contributed by atoms with Gasteiger partial charge < -0.3 is 15.4 Å². The van der Waals surface area contributed by atoms with E-state index in [1.807, 2.05) is 18.2 Å². The van der Waals surface area contributed by atoms with Gasteiger partial charge in [-0.1, -0.05) is 45.0 Å². The van der Waals surface area contributed by atoms with Crippen molar-refractivity contribution in [2.24, 2.45) is 0 Å². The fraction of sp³-hybridized carbons (Fsp3) is 0.300. The fourth-order valence-corrected chi connectivity index (χ4v) is 2.33. The molecule has 0 unspecified atom stereocenters. The van der Waals surface area contributed by atoms with Crippen LogP contribution in [0.1, 0.15) is 36.7 Å². The van der Waals surface area contributed by atoms with Crippen LogP contribution >= 0.6 is 0 Å². The van der Waals surface area contributed by atoms with Crippen LogP contribution in [0.15, 0.2) is 48.5 Å². The molecule has 2 rings (SSSR count). The van der Waals surface area contributed by atoms with E-state index in [9.17, 15) is 9.59 Å². The molecular formula is C20H24N2O3. The number of para-hydroxylation sites is 2. The van der Waals surface area contributed by atoms with E-state index in [2.05, 4.69) is 31.4 Å². The van der Waals surface area contributed by atoms with E-state index in [1.165, 1.54) is 7.11 Å². The van der Waals surface area contributed by atoms with Gasteiger partial charge in [-0.15, -0.1) is 0 Å². The molecule has 0 radical (unpaired) electrons. The van der Waals surface area contributed by atoms with Crippen LogP contribution in [-0.4, -0.2) is 25.5 Å². The standard InChI is InChI=1S/C20H24N2O3/c1-20(2,3)15-11-9-14(10-12-15)19(24)21-13-18(23)22-16-7-5-6-8-17(16)25-4/h5-12H,13H2,1-4H3,(H,21,24)(H,22,23). The minimum atomic E-state index is -0.316. The van der Waals surface area contributed by atoms with Crippen molar-refractivity contribution < 1.29 is 14.3 Å². The molecule has 0 aliphatic rings. The molecule has 0 aromatic heterocycles. The molecule has 2 aromatic carbocycles. The Morgan fingerprint density at radius 1 is 1.00 bits per heavy atom. The van der Waals surface area contributed by atoms with Crippen molar-refractivity contribution in [3.8, 4) is 5.75 Å². The highest BCUT2D eigenvalue weighted by Crippen LogP contribution is 2.23. The SMILES string of the molecule is COc1ccccc1NC(=O)CNC(=O)c1ccc(C(C)(C)C)cc1. The molecule has 0 fully saturated rings. The number of carbonyl (C=O) groups excluding carboxylic acids is 2. The molecule has 0 saturated heterocycles. The van der Waals surface area contributed by atoms with Crippen molar-refractivity contribution in [3.63, 3.8) is 0 Å². The van der Waals surface area contributed by atoms with Crippen molar-refractivity contribution in [1.82, 2.24) is 5.32 Å². The third kappa shape index (κ3) is 5.08. The molecule has 25 heavy (non-hydrogen) atoms. The summed E-state index contributed by atoms with van der Waals surface area (Å²) in [5.41, 5.74) is 2.28. The second-order valence-corrected chi connectivity index (χ2v) is 6.76. The third-order valence-corrected chi connectivity index (χ3v) is 3.80. The van der Waals surface area contributed by atoms with Crippen LogP contribution in [0.3, 0.4) is 0 Å². The van der Waals surface area contributed by atoms with Gasteiger partial charge in [-0.2, -0.15) is 0 Å². The van der Waals surface area contributed by atoms with Crippen molar-refractivity contribution in [1.29, 1.82) is 0 Å². The van der Waals surface area contributed by atoms with Crippen LogP contribution in [0.5, 0.6) is 5.75 Å². The summed E-state index contributed by atoms with van der Waals surface area (Å²) in [6, 6.07) is 14.5. The predicted molar refractivity (Wildman–Crippen MR) is 99.1 cm³/mol. The Kier molecular flexibility index (Phi) is 5.80. The predicted octanol–water partition coefficient (Wildman–Crippen LogP) is 3.36. The molecule has 132 valence electrons. The number of benzene rings is 2. The van der Waals surface area contributed by atoms with Gasteiger partial charge in [-0.05, 0) is 35.2 Å². The molecule has 5 nitrogen and oxygen atoms in total. The number of amides is 2. The van der Waals surface area contributed by atoms with E-state index in [4.69, 9.17) is 4.74 Å². The van der Waals surface area contributed by atoms with Crippen LogP contribution in [0.25, 0.3) is 0 Å². The topological polar surface area (TPSA) is 67.4 Å². The smallest absolute Gasteiger partial charge is 0.251 e. The number of rotatable bonds is 5. The van der Waals surface area contributed by atoms with Crippen LogP contribution in [-0.2, 0) is 10.2 Å². The Bertz CT molecular complexity index is 746. The number of carbonyl (C=O) groups is 2. The number of hydrogen-bond donors (Lipinski definition) is 2. The first kappa shape index (κ1) is 18.5. The number of nitrogens with one attached hydrogen (secondary N) is 2. The molecule has 2 aromatic rings. The van der Waals surface area contributed by atoms with E-state index in [0.717, 1.165) is 5.56 Å². The lowest BCUT2D eigenvalue weighted by molar-refractivity contribution is -0.115. The monoisotopic (exact) mass is 340 g/mol. The summed E-state index contributed by atoms with van der Waals surface area (Å²) < 4.78 is 5.18. The van der Waals surface area contributed by atoms with E-state index >= 15 is 0 Å². The first-order valence-corrected chi connectivity index (χ1v) is 8.13. The Labute approximate surface area is 148 Å². The van der Waals surface area contributed by atoms with Gasteiger partial charge in [0.25, 0.3) is 5.91 Å². The lowest BCUT2D eigenvalue weighted by Crippen LogP contribution is -2.33. The molecule has 0 bridgehead atoms. The Morgan fingerprint density at radius 3 is 2.24 bits per heavy atom. The average Bonchev–Trinajstić information content (AvgIpc) is 2.59. The maximum absolute atomic E-state index is 12.2.